The maximum absolute atomic E-state index is 13.5. The number of halogens is 2. The quantitative estimate of drug-likeness (QED) is 0.709. The Kier molecular flexibility index (Phi) is 5.48. The Morgan fingerprint density at radius 3 is 2.38 bits per heavy atom. The largest absolute Gasteiger partial charge is 0.368 e. The molecule has 132 valence electrons. The number of amides is 1. The van der Waals surface area contributed by atoms with E-state index in [0.29, 0.717) is 18.8 Å². The molecule has 0 saturated carbocycles. The molecule has 0 saturated heterocycles. The van der Waals surface area contributed by atoms with Gasteiger partial charge in [0.15, 0.2) is 5.69 Å². The van der Waals surface area contributed by atoms with E-state index in [9.17, 15) is 13.6 Å². The van der Waals surface area contributed by atoms with Gasteiger partial charge in [0.25, 0.3) is 5.91 Å². The van der Waals surface area contributed by atoms with Crippen molar-refractivity contribution in [3.05, 3.63) is 83.6 Å². The number of rotatable bonds is 6. The Hall–Kier alpha value is -3.35. The maximum atomic E-state index is 13.5. The molecule has 0 aliphatic heterocycles. The van der Waals surface area contributed by atoms with Gasteiger partial charge in [-0.2, -0.15) is 0 Å². The van der Waals surface area contributed by atoms with E-state index in [2.05, 4.69) is 20.8 Å². The number of anilines is 2. The van der Waals surface area contributed by atoms with Crippen molar-refractivity contribution >= 4 is 17.4 Å². The summed E-state index contributed by atoms with van der Waals surface area (Å²) in [6.07, 6.45) is 0.692. The zero-order valence-electron chi connectivity index (χ0n) is 13.7. The second-order valence-corrected chi connectivity index (χ2v) is 5.54. The van der Waals surface area contributed by atoms with Crippen LogP contribution in [0.4, 0.5) is 20.3 Å². The van der Waals surface area contributed by atoms with Crippen LogP contribution in [-0.2, 0) is 6.42 Å². The second-order valence-electron chi connectivity index (χ2n) is 5.54. The first-order valence-electron chi connectivity index (χ1n) is 8.00. The standard InChI is InChI=1S/C19H16F2N4O/c20-14-7-5-13(6-8-14)11-12-22-18-10-9-17(24-25-18)19(26)23-16-4-2-1-3-15(16)21/h1-10H,11-12H2,(H,22,25)(H,23,26). The highest BCUT2D eigenvalue weighted by molar-refractivity contribution is 6.02. The number of nitrogens with zero attached hydrogens (tertiary/aromatic N) is 2. The lowest BCUT2D eigenvalue weighted by atomic mass is 10.1. The van der Waals surface area contributed by atoms with Crippen LogP contribution in [0, 0.1) is 11.6 Å². The van der Waals surface area contributed by atoms with E-state index in [1.165, 1.54) is 36.4 Å². The van der Waals surface area contributed by atoms with Crippen LogP contribution >= 0.6 is 0 Å². The van der Waals surface area contributed by atoms with Gasteiger partial charge >= 0.3 is 0 Å². The molecule has 0 spiro atoms. The maximum Gasteiger partial charge on any atom is 0.276 e. The highest BCUT2D eigenvalue weighted by Gasteiger charge is 2.11. The molecule has 0 fully saturated rings. The van der Waals surface area contributed by atoms with Crippen molar-refractivity contribution in [2.45, 2.75) is 6.42 Å². The van der Waals surface area contributed by atoms with E-state index in [4.69, 9.17) is 0 Å². The molecule has 0 radical (unpaired) electrons. The molecule has 0 unspecified atom stereocenters. The van der Waals surface area contributed by atoms with Gasteiger partial charge in [-0.3, -0.25) is 4.79 Å². The third-order valence-electron chi connectivity index (χ3n) is 3.65. The summed E-state index contributed by atoms with van der Waals surface area (Å²) in [6.45, 7) is 0.584. The minimum Gasteiger partial charge on any atom is -0.368 e. The Bertz CT molecular complexity index is 883. The van der Waals surface area contributed by atoms with Crippen molar-refractivity contribution in [2.75, 3.05) is 17.2 Å². The molecule has 3 rings (SSSR count). The van der Waals surface area contributed by atoms with E-state index < -0.39 is 11.7 Å². The molecule has 26 heavy (non-hydrogen) atoms. The molecular weight excluding hydrogens is 338 g/mol. The van der Waals surface area contributed by atoms with Crippen LogP contribution in [0.2, 0.25) is 0 Å². The van der Waals surface area contributed by atoms with Crippen LogP contribution < -0.4 is 10.6 Å². The zero-order chi connectivity index (χ0) is 18.4. The van der Waals surface area contributed by atoms with Crippen LogP contribution in [0.3, 0.4) is 0 Å². The molecule has 2 aromatic carbocycles. The SMILES string of the molecule is O=C(Nc1ccccc1F)c1ccc(NCCc2ccc(F)cc2)nn1. The van der Waals surface area contributed by atoms with Gasteiger partial charge in [-0.1, -0.05) is 24.3 Å². The molecule has 0 aliphatic carbocycles. The smallest absolute Gasteiger partial charge is 0.276 e. The minimum absolute atomic E-state index is 0.0809. The van der Waals surface area contributed by atoms with Gasteiger partial charge in [0.1, 0.15) is 17.5 Å². The van der Waals surface area contributed by atoms with Crippen molar-refractivity contribution < 1.29 is 13.6 Å². The summed E-state index contributed by atoms with van der Waals surface area (Å²) in [4.78, 5) is 12.1. The number of nitrogens with one attached hydrogen (secondary N) is 2. The lowest BCUT2D eigenvalue weighted by Crippen LogP contribution is -2.16. The van der Waals surface area contributed by atoms with Crippen LogP contribution in [0.25, 0.3) is 0 Å². The fourth-order valence-electron chi connectivity index (χ4n) is 2.28. The summed E-state index contributed by atoms with van der Waals surface area (Å²) < 4.78 is 26.4. The summed E-state index contributed by atoms with van der Waals surface area (Å²) in [6, 6.07) is 15.3. The zero-order valence-corrected chi connectivity index (χ0v) is 13.7. The number of aromatic nitrogens is 2. The van der Waals surface area contributed by atoms with E-state index in [0.717, 1.165) is 5.56 Å². The molecule has 1 aromatic heterocycles. The van der Waals surface area contributed by atoms with Gasteiger partial charge in [0.05, 0.1) is 5.69 Å². The molecule has 1 heterocycles. The van der Waals surface area contributed by atoms with E-state index in [1.807, 2.05) is 0 Å². The number of hydrogen-bond acceptors (Lipinski definition) is 4. The van der Waals surface area contributed by atoms with Gasteiger partial charge in [0, 0.05) is 6.54 Å². The van der Waals surface area contributed by atoms with E-state index in [-0.39, 0.29) is 17.2 Å². The normalized spacial score (nSPS) is 10.4. The van der Waals surface area contributed by atoms with Crippen molar-refractivity contribution in [2.24, 2.45) is 0 Å². The van der Waals surface area contributed by atoms with Crippen LogP contribution in [0.15, 0.2) is 60.7 Å². The third kappa shape index (κ3) is 4.60. The molecule has 3 aromatic rings. The topological polar surface area (TPSA) is 66.9 Å². The molecular formula is C19H16F2N4O. The number of benzene rings is 2. The summed E-state index contributed by atoms with van der Waals surface area (Å²) in [7, 11) is 0. The van der Waals surface area contributed by atoms with E-state index >= 15 is 0 Å². The first kappa shape index (κ1) is 17.5. The highest BCUT2D eigenvalue weighted by atomic mass is 19.1. The summed E-state index contributed by atoms with van der Waals surface area (Å²) in [5.41, 5.74) is 1.16. The molecule has 0 atom stereocenters. The van der Waals surface area contributed by atoms with Crippen molar-refractivity contribution in [3.63, 3.8) is 0 Å². The average molecular weight is 354 g/mol. The second kappa shape index (κ2) is 8.15. The Morgan fingerprint density at radius 2 is 1.69 bits per heavy atom. The van der Waals surface area contributed by atoms with Gasteiger partial charge in [-0.05, 0) is 48.4 Å². The average Bonchev–Trinajstić information content (AvgIpc) is 2.66. The monoisotopic (exact) mass is 354 g/mol. The van der Waals surface area contributed by atoms with Gasteiger partial charge in [0.2, 0.25) is 0 Å². The number of hydrogen-bond donors (Lipinski definition) is 2. The van der Waals surface area contributed by atoms with Crippen LogP contribution in [0.5, 0.6) is 0 Å². The van der Waals surface area contributed by atoms with Crippen molar-refractivity contribution in [1.29, 1.82) is 0 Å². The number of carbonyl (C=O) groups excluding carboxylic acids is 1. The highest BCUT2D eigenvalue weighted by Crippen LogP contribution is 2.13. The molecule has 0 bridgehead atoms. The first-order valence-corrected chi connectivity index (χ1v) is 8.00. The Morgan fingerprint density at radius 1 is 0.923 bits per heavy atom. The summed E-state index contributed by atoms with van der Waals surface area (Å²) >= 11 is 0. The van der Waals surface area contributed by atoms with E-state index in [1.54, 1.807) is 24.3 Å². The predicted molar refractivity (Wildman–Crippen MR) is 95.0 cm³/mol. The molecule has 2 N–H and O–H groups in total. The summed E-state index contributed by atoms with van der Waals surface area (Å²) in [5.74, 6) is -0.820. The minimum atomic E-state index is -0.541. The van der Waals surface area contributed by atoms with Crippen molar-refractivity contribution in [1.82, 2.24) is 10.2 Å². The lowest BCUT2D eigenvalue weighted by Gasteiger charge is -2.07. The van der Waals surface area contributed by atoms with Crippen LogP contribution in [-0.4, -0.2) is 22.6 Å². The fraction of sp³-hybridized carbons (Fsp3) is 0.105. The number of para-hydroxylation sites is 1. The van der Waals surface area contributed by atoms with Gasteiger partial charge < -0.3 is 10.6 Å². The van der Waals surface area contributed by atoms with Gasteiger partial charge in [-0.15, -0.1) is 10.2 Å². The summed E-state index contributed by atoms with van der Waals surface area (Å²) in [5, 5.41) is 13.3. The van der Waals surface area contributed by atoms with Crippen LogP contribution in [0.1, 0.15) is 16.1 Å². The fourth-order valence-corrected chi connectivity index (χ4v) is 2.28. The Labute approximate surface area is 149 Å². The molecule has 0 aliphatic rings. The molecule has 5 nitrogen and oxygen atoms in total. The lowest BCUT2D eigenvalue weighted by molar-refractivity contribution is 0.102. The number of carbonyl (C=O) groups is 1. The first-order chi connectivity index (χ1) is 12.6. The molecule has 7 heteroatoms. The van der Waals surface area contributed by atoms with Crippen molar-refractivity contribution in [3.8, 4) is 0 Å². The predicted octanol–water partition coefficient (Wildman–Crippen LogP) is 3.66. The third-order valence-corrected chi connectivity index (χ3v) is 3.65. The molecule has 1 amide bonds. The Balaban J connectivity index is 1.53. The van der Waals surface area contributed by atoms with Gasteiger partial charge in [-0.25, -0.2) is 8.78 Å².